The molecule has 7 rings (SSSR count). The molecule has 1 aliphatic carbocycles. The van der Waals surface area contributed by atoms with Gasteiger partial charge in [0.2, 0.25) is 5.91 Å². The van der Waals surface area contributed by atoms with Crippen molar-refractivity contribution in [2.24, 2.45) is 28.7 Å². The second kappa shape index (κ2) is 34.4. The SMILES string of the molecule is CC[C@H](C)[C@H]1C(C)NC2(CCCC2)CNCCNC=CC(CCc2ccc(C(F)(F)F)c(F)c2)=NC=CN(C)C=C(Cc2ccc(C)cc2)N(C)C=C2CCCN2[C@@H](C)C(C)N[C@@H]([C@@H](C)CC)CN[C@@H](CC(C)C)C(C)NCC2[C@@H](C(=O)N3CCCC3)C(C)N21. The summed E-state index contributed by atoms with van der Waals surface area (Å²) in [5.74, 6) is 0.357. The second-order valence-electron chi connectivity index (χ2n) is 28.3. The van der Waals surface area contributed by atoms with Gasteiger partial charge in [0.1, 0.15) is 5.82 Å². The van der Waals surface area contributed by atoms with Crippen molar-refractivity contribution in [3.8, 4) is 0 Å². The van der Waals surface area contributed by atoms with Crippen molar-refractivity contribution in [2.45, 2.75) is 239 Å². The molecule has 90 heavy (non-hydrogen) atoms. The average molecular weight is 1260 g/mol. The number of alkyl halides is 3. The molecule has 12 atom stereocenters. The predicted molar refractivity (Wildman–Crippen MR) is 364 cm³/mol. The minimum Gasteiger partial charge on any atom is -0.390 e. The van der Waals surface area contributed by atoms with Gasteiger partial charge < -0.3 is 51.5 Å². The van der Waals surface area contributed by atoms with Crippen LogP contribution in [0.2, 0.25) is 0 Å². The Kier molecular flexibility index (Phi) is 27.8. The quantitative estimate of drug-likeness (QED) is 0.114. The zero-order valence-corrected chi connectivity index (χ0v) is 57.7. The Labute approximate surface area is 541 Å². The van der Waals surface area contributed by atoms with Crippen LogP contribution in [0.1, 0.15) is 175 Å². The maximum Gasteiger partial charge on any atom is 0.419 e. The number of amides is 1. The van der Waals surface area contributed by atoms with Crippen LogP contribution in [-0.4, -0.2) is 162 Å². The zero-order valence-electron chi connectivity index (χ0n) is 57.7. The molecule has 0 bridgehead atoms. The van der Waals surface area contributed by atoms with Crippen molar-refractivity contribution in [3.05, 3.63) is 119 Å². The Balaban J connectivity index is 1.20. The number of likely N-dealkylation sites (tertiary alicyclic amines) is 1. The molecule has 504 valence electrons. The molecule has 6 N–H and O–H groups in total. The smallest absolute Gasteiger partial charge is 0.390 e. The van der Waals surface area contributed by atoms with E-state index in [1.807, 2.05) is 30.4 Å². The van der Waals surface area contributed by atoms with Crippen LogP contribution in [-0.2, 0) is 23.8 Å². The lowest BCUT2D eigenvalue weighted by atomic mass is 9.74. The molecule has 1 spiro atoms. The van der Waals surface area contributed by atoms with Crippen molar-refractivity contribution in [1.29, 1.82) is 0 Å². The summed E-state index contributed by atoms with van der Waals surface area (Å²) in [6.07, 6.45) is 20.5. The first-order chi connectivity index (χ1) is 42.9. The highest BCUT2D eigenvalue weighted by atomic mass is 19.4. The number of benzene rings is 2. The average Bonchev–Trinajstić information content (AvgIpc) is 0.882. The number of nitrogens with one attached hydrogen (secondary N) is 6. The Hall–Kier alpha value is -4.78. The Morgan fingerprint density at radius 2 is 1.49 bits per heavy atom. The topological polar surface area (TPSA) is 118 Å². The van der Waals surface area contributed by atoms with Crippen LogP contribution < -0.4 is 31.9 Å². The highest BCUT2D eigenvalue weighted by Crippen LogP contribution is 2.41. The third-order valence-electron chi connectivity index (χ3n) is 21.0. The van der Waals surface area contributed by atoms with E-state index in [0.717, 1.165) is 121 Å². The number of hydrogen-bond acceptors (Lipinski definition) is 12. The fraction of sp³-hybridized carbons (Fsp3) is 0.699. The van der Waals surface area contributed by atoms with Crippen LogP contribution >= 0.6 is 0 Å². The summed E-state index contributed by atoms with van der Waals surface area (Å²) in [5, 5.41) is 24.1. The number of allylic oxidation sites excluding steroid dienone is 3. The molecule has 13 nitrogen and oxygen atoms in total. The summed E-state index contributed by atoms with van der Waals surface area (Å²) in [5.41, 5.74) is 4.66. The molecule has 4 fully saturated rings. The van der Waals surface area contributed by atoms with Gasteiger partial charge in [-0.1, -0.05) is 103 Å². The lowest BCUT2D eigenvalue weighted by Gasteiger charge is -2.60. The van der Waals surface area contributed by atoms with E-state index in [9.17, 15) is 22.4 Å². The van der Waals surface area contributed by atoms with Crippen molar-refractivity contribution in [2.75, 3.05) is 66.5 Å². The largest absolute Gasteiger partial charge is 0.419 e. The predicted octanol–water partition coefficient (Wildman–Crippen LogP) is 12.4. The van der Waals surface area contributed by atoms with E-state index in [2.05, 4.69) is 178 Å². The summed E-state index contributed by atoms with van der Waals surface area (Å²) in [6.45, 7) is 34.6. The van der Waals surface area contributed by atoms with Crippen molar-refractivity contribution in [3.63, 3.8) is 0 Å². The van der Waals surface area contributed by atoms with Crippen molar-refractivity contribution < 1.29 is 22.4 Å². The van der Waals surface area contributed by atoms with Crippen LogP contribution in [0.15, 0.2) is 95.9 Å². The lowest BCUT2D eigenvalue weighted by molar-refractivity contribution is -0.160. The van der Waals surface area contributed by atoms with Crippen molar-refractivity contribution in [1.82, 2.24) is 56.4 Å². The molecule has 5 aliphatic rings. The summed E-state index contributed by atoms with van der Waals surface area (Å²) in [6, 6.07) is 13.6. The number of aliphatic imine (C=N–C) groups is 1. The molecule has 4 heterocycles. The Morgan fingerprint density at radius 1 is 0.789 bits per heavy atom. The van der Waals surface area contributed by atoms with Crippen LogP contribution in [0.3, 0.4) is 0 Å². The number of fused-ring (bicyclic) bond motifs is 2. The molecular formula is C73H118F4N12O. The first-order valence-electron chi connectivity index (χ1n) is 34.9. The molecule has 1 amide bonds. The number of nitrogens with zero attached hydrogens (tertiary/aromatic N) is 6. The summed E-state index contributed by atoms with van der Waals surface area (Å²) < 4.78 is 55.4. The first-order valence-corrected chi connectivity index (χ1v) is 34.9. The summed E-state index contributed by atoms with van der Waals surface area (Å²) in [7, 11) is 4.15. The van der Waals surface area contributed by atoms with Gasteiger partial charge in [0.05, 0.1) is 11.5 Å². The van der Waals surface area contributed by atoms with Gasteiger partial charge in [-0.15, -0.1) is 0 Å². The van der Waals surface area contributed by atoms with E-state index >= 15 is 0 Å². The van der Waals surface area contributed by atoms with Gasteiger partial charge in [0.15, 0.2) is 0 Å². The molecule has 0 radical (unpaired) electrons. The number of carbonyl (C=O) groups excluding carboxylic acids is 1. The molecule has 4 aliphatic heterocycles. The molecule has 3 saturated heterocycles. The van der Waals surface area contributed by atoms with Crippen LogP contribution in [0, 0.1) is 36.4 Å². The van der Waals surface area contributed by atoms with Gasteiger partial charge in [0.25, 0.3) is 0 Å². The van der Waals surface area contributed by atoms with Crippen LogP contribution in [0.4, 0.5) is 17.6 Å². The summed E-state index contributed by atoms with van der Waals surface area (Å²) in [4.78, 5) is 31.4. The zero-order chi connectivity index (χ0) is 65.3. The van der Waals surface area contributed by atoms with E-state index in [1.54, 1.807) is 6.20 Å². The fourth-order valence-corrected chi connectivity index (χ4v) is 15.0. The number of rotatable bonds is 12. The highest BCUT2D eigenvalue weighted by Gasteiger charge is 2.55. The number of halogens is 4. The minimum atomic E-state index is -4.77. The molecule has 1 saturated carbocycles. The van der Waals surface area contributed by atoms with Gasteiger partial charge in [-0.05, 0) is 153 Å². The normalized spacial score (nSPS) is 28.8. The Morgan fingerprint density at radius 3 is 2.16 bits per heavy atom. The van der Waals surface area contributed by atoms with Gasteiger partial charge in [-0.2, -0.15) is 13.2 Å². The number of aryl methyl sites for hydroxylation is 2. The van der Waals surface area contributed by atoms with Crippen LogP contribution in [0.25, 0.3) is 0 Å². The highest BCUT2D eigenvalue weighted by molar-refractivity contribution is 5.95. The standard InChI is InChI=1S/C73H118F4N12O/c1-15-52(6)67-45-82-66(42-50(3)4)55(9)81-46-68-69(71(90)87-38-19-20-39-87)58(12)89(68)70(53(7)16-2)56(10)84-72(32-17-18-33-72)49-79-36-35-78-34-31-61(29-27-60-28-30-64(65(74)44-60)73(75,76)77)80-37-41-85(13)47-63(43-59-25-23-51(5)24-26-59)86(14)48-62-22-21-40-88(62)57(11)54(8)83-67/h23-26,28,30-31,34,37,41,44,47-48,50,52-58,66-70,78-79,81-84H,15-22,27,29,32-33,35-36,38-40,42-43,45-46,49H2,1-14H3/t52-,53-,54?,55?,56?,57-,58?,66-,67+,68?,69-,70-/m0/s1. The molecule has 5 unspecified atom stereocenters. The number of likely N-dealkylation sites (N-methyl/N-ethyl adjacent to an activating group) is 1. The first kappa shape index (κ1) is 72.6. The van der Waals surface area contributed by atoms with Gasteiger partial charge >= 0.3 is 6.18 Å². The van der Waals surface area contributed by atoms with Crippen molar-refractivity contribution >= 4 is 11.6 Å². The van der Waals surface area contributed by atoms with Gasteiger partial charge in [-0.25, -0.2) is 4.39 Å². The molecular weight excluding hydrogens is 1140 g/mol. The van der Waals surface area contributed by atoms with E-state index < -0.39 is 17.6 Å². The van der Waals surface area contributed by atoms with Gasteiger partial charge in [-0.3, -0.25) is 14.7 Å². The van der Waals surface area contributed by atoms with Gasteiger partial charge in [0, 0.05) is 175 Å². The maximum atomic E-state index is 14.8. The number of carbonyl (C=O) groups is 1. The maximum absolute atomic E-state index is 14.8. The van der Waals surface area contributed by atoms with E-state index in [-0.39, 0.29) is 65.8 Å². The molecule has 2 aromatic carbocycles. The number of hydrogen-bond donors (Lipinski definition) is 6. The third-order valence-corrected chi connectivity index (χ3v) is 21.0. The third kappa shape index (κ3) is 20.1. The molecule has 17 heteroatoms. The summed E-state index contributed by atoms with van der Waals surface area (Å²) >= 11 is 0. The van der Waals surface area contributed by atoms with E-state index in [1.165, 1.54) is 35.7 Å². The monoisotopic (exact) mass is 1250 g/mol. The fourth-order valence-electron chi connectivity index (χ4n) is 15.0. The molecule has 0 aromatic heterocycles. The second-order valence-corrected chi connectivity index (χ2v) is 28.3. The Bertz CT molecular complexity index is 2680. The van der Waals surface area contributed by atoms with E-state index in [0.29, 0.717) is 60.7 Å². The molecule has 2 aromatic rings. The minimum absolute atomic E-state index is 0.0614. The van der Waals surface area contributed by atoms with E-state index in [4.69, 9.17) is 4.99 Å². The van der Waals surface area contributed by atoms with Crippen LogP contribution in [0.5, 0.6) is 0 Å². The lowest BCUT2D eigenvalue weighted by Crippen LogP contribution is -2.76.